The summed E-state index contributed by atoms with van der Waals surface area (Å²) in [6.45, 7) is 0.732. The Morgan fingerprint density at radius 1 is 1.36 bits per heavy atom. The van der Waals surface area contributed by atoms with Crippen molar-refractivity contribution in [3.63, 3.8) is 0 Å². The van der Waals surface area contributed by atoms with Crippen LogP contribution in [0, 0.1) is 5.82 Å². The molecular weight excluding hydrogens is 307 g/mol. The highest BCUT2D eigenvalue weighted by atomic mass is 35.5. The maximum absolute atomic E-state index is 13.5. The largest absolute Gasteiger partial charge is 0.357 e. The van der Waals surface area contributed by atoms with Gasteiger partial charge in [-0.1, -0.05) is 17.7 Å². The molecule has 1 atom stereocenters. The van der Waals surface area contributed by atoms with Gasteiger partial charge in [0.2, 0.25) is 5.43 Å². The zero-order chi connectivity index (χ0) is 15.3. The minimum Gasteiger partial charge on any atom is -0.357 e. The van der Waals surface area contributed by atoms with Crippen molar-refractivity contribution < 1.29 is 9.13 Å². The molecule has 22 heavy (non-hydrogen) atoms. The van der Waals surface area contributed by atoms with E-state index in [-0.39, 0.29) is 16.6 Å². The van der Waals surface area contributed by atoms with Crippen molar-refractivity contribution in [1.29, 1.82) is 0 Å². The quantitative estimate of drug-likeness (QED) is 0.737. The predicted molar refractivity (Wildman–Crippen MR) is 83.9 cm³/mol. The van der Waals surface area contributed by atoms with Crippen molar-refractivity contribution in [3.8, 4) is 0 Å². The van der Waals surface area contributed by atoms with Gasteiger partial charge in [0.15, 0.2) is 5.82 Å². The average Bonchev–Trinajstić information content (AvgIpc) is 2.96. The van der Waals surface area contributed by atoms with E-state index in [2.05, 4.69) is 5.10 Å². The van der Waals surface area contributed by atoms with Crippen molar-refractivity contribution >= 4 is 33.3 Å². The number of ether oxygens (including phenoxy) is 1. The van der Waals surface area contributed by atoms with Crippen LogP contribution in [0.2, 0.25) is 5.02 Å². The monoisotopic (exact) mass is 320 g/mol. The van der Waals surface area contributed by atoms with Crippen molar-refractivity contribution in [2.75, 3.05) is 6.61 Å². The lowest BCUT2D eigenvalue weighted by atomic mass is 10.1. The smallest absolute Gasteiger partial charge is 0.223 e. The van der Waals surface area contributed by atoms with E-state index in [1.165, 1.54) is 6.07 Å². The van der Waals surface area contributed by atoms with Crippen LogP contribution in [0.4, 0.5) is 4.39 Å². The topological polar surface area (TPSA) is 47.0 Å². The Bertz CT molecular complexity index is 925. The zero-order valence-electron chi connectivity index (χ0n) is 11.7. The summed E-state index contributed by atoms with van der Waals surface area (Å²) in [5.74, 6) is -0.784. The molecule has 1 N–H and O–H groups in total. The third kappa shape index (κ3) is 1.96. The number of H-pyrrole nitrogens is 1. The number of nitrogens with one attached hydrogen (secondary N) is 1. The predicted octanol–water partition coefficient (Wildman–Crippen LogP) is 3.97. The van der Waals surface area contributed by atoms with Gasteiger partial charge in [0, 0.05) is 18.2 Å². The molecule has 0 aliphatic carbocycles. The Labute approximate surface area is 130 Å². The lowest BCUT2D eigenvalue weighted by Gasteiger charge is -2.24. The second-order valence-electron chi connectivity index (χ2n) is 5.56. The molecule has 4 nitrogen and oxygen atoms in total. The Hall–Kier alpha value is -1.85. The number of benzene rings is 2. The van der Waals surface area contributed by atoms with Gasteiger partial charge in [0.25, 0.3) is 0 Å². The van der Waals surface area contributed by atoms with Gasteiger partial charge < -0.3 is 9.84 Å². The summed E-state index contributed by atoms with van der Waals surface area (Å²) in [5.41, 5.74) is 0.196. The van der Waals surface area contributed by atoms with Gasteiger partial charge >= 0.3 is 0 Å². The third-order valence-electron chi connectivity index (χ3n) is 4.22. The molecular formula is C16H14ClFN2O2. The molecule has 1 aliphatic rings. The van der Waals surface area contributed by atoms with Crippen LogP contribution in [0.1, 0.15) is 25.5 Å². The average molecular weight is 321 g/mol. The van der Waals surface area contributed by atoms with E-state index >= 15 is 0 Å². The Balaban J connectivity index is 2.00. The van der Waals surface area contributed by atoms with E-state index in [0.717, 1.165) is 31.4 Å². The highest BCUT2D eigenvalue weighted by molar-refractivity contribution is 6.40. The first-order valence-corrected chi connectivity index (χ1v) is 7.66. The normalized spacial score (nSPS) is 19.1. The summed E-state index contributed by atoms with van der Waals surface area (Å²) in [6.07, 6.45) is 4.77. The molecule has 2 aromatic carbocycles. The fourth-order valence-corrected chi connectivity index (χ4v) is 3.44. The summed E-state index contributed by atoms with van der Waals surface area (Å²) in [6, 6.07) is 4.61. The summed E-state index contributed by atoms with van der Waals surface area (Å²) in [7, 11) is 0. The fourth-order valence-electron chi connectivity index (χ4n) is 3.10. The minimum absolute atomic E-state index is 0.0630. The molecule has 2 heterocycles. The van der Waals surface area contributed by atoms with Crippen molar-refractivity contribution in [3.05, 3.63) is 45.5 Å². The Morgan fingerprint density at radius 3 is 3.00 bits per heavy atom. The van der Waals surface area contributed by atoms with E-state index in [9.17, 15) is 9.18 Å². The van der Waals surface area contributed by atoms with Crippen LogP contribution in [0.3, 0.4) is 0 Å². The van der Waals surface area contributed by atoms with E-state index in [4.69, 9.17) is 16.3 Å². The Kier molecular flexibility index (Phi) is 3.20. The van der Waals surface area contributed by atoms with Gasteiger partial charge in [-0.15, -0.1) is 0 Å². The number of aromatic nitrogens is 2. The molecule has 0 amide bonds. The number of fused-ring (bicyclic) bond motifs is 2. The van der Waals surface area contributed by atoms with Crippen LogP contribution >= 0.6 is 11.6 Å². The van der Waals surface area contributed by atoms with Gasteiger partial charge in [-0.2, -0.15) is 0 Å². The van der Waals surface area contributed by atoms with Crippen molar-refractivity contribution in [1.82, 2.24) is 9.78 Å². The molecule has 1 aromatic heterocycles. The number of hydrogen-bond acceptors (Lipinski definition) is 2. The Morgan fingerprint density at radius 2 is 2.23 bits per heavy atom. The summed E-state index contributed by atoms with van der Waals surface area (Å²) < 4.78 is 21.2. The molecule has 0 spiro atoms. The van der Waals surface area contributed by atoms with Gasteiger partial charge in [-0.05, 0) is 36.8 Å². The second kappa shape index (κ2) is 5.11. The molecule has 1 aliphatic heterocycles. The number of nitrogens with zero attached hydrogens (tertiary/aromatic N) is 1. The molecule has 1 unspecified atom stereocenters. The fraction of sp³-hybridized carbons (Fsp3) is 0.312. The van der Waals surface area contributed by atoms with Crippen LogP contribution < -0.4 is 5.43 Å². The van der Waals surface area contributed by atoms with Crippen LogP contribution in [-0.2, 0) is 4.74 Å². The summed E-state index contributed by atoms with van der Waals surface area (Å²) >= 11 is 6.36. The van der Waals surface area contributed by atoms with Crippen molar-refractivity contribution in [2.24, 2.45) is 0 Å². The van der Waals surface area contributed by atoms with Gasteiger partial charge in [0.05, 0.1) is 15.9 Å². The molecule has 1 fully saturated rings. The van der Waals surface area contributed by atoms with Crippen LogP contribution in [0.25, 0.3) is 21.7 Å². The lowest BCUT2D eigenvalue weighted by Crippen LogP contribution is -2.19. The molecule has 3 aromatic rings. The number of hydrogen-bond donors (Lipinski definition) is 1. The van der Waals surface area contributed by atoms with Crippen molar-refractivity contribution in [2.45, 2.75) is 25.5 Å². The standard InChI is InChI=1S/C16H14ClFN2O2/c17-15-10-8-19-20(13-3-1-2-6-22-13)12(10)7-9-4-5-11(18)16(21)14(9)15/h4-5,7-8,13,19H,1-3,6H2. The van der Waals surface area contributed by atoms with E-state index in [1.54, 1.807) is 12.3 Å². The molecule has 0 saturated carbocycles. The maximum atomic E-state index is 13.5. The second-order valence-corrected chi connectivity index (χ2v) is 5.94. The first-order valence-electron chi connectivity index (χ1n) is 7.29. The number of halogens is 2. The van der Waals surface area contributed by atoms with E-state index in [1.807, 2.05) is 10.7 Å². The summed E-state index contributed by atoms with van der Waals surface area (Å²) in [4.78, 5) is 12.0. The molecule has 1 saturated heterocycles. The third-order valence-corrected chi connectivity index (χ3v) is 4.61. The highest BCUT2D eigenvalue weighted by Crippen LogP contribution is 2.33. The lowest BCUT2D eigenvalue weighted by molar-refractivity contribution is -0.0366. The molecule has 0 bridgehead atoms. The first-order chi connectivity index (χ1) is 10.7. The highest BCUT2D eigenvalue weighted by Gasteiger charge is 2.20. The first kappa shape index (κ1) is 13.8. The molecule has 4 rings (SSSR count). The summed E-state index contributed by atoms with van der Waals surface area (Å²) in [5, 5.41) is 4.98. The van der Waals surface area contributed by atoms with E-state index in [0.29, 0.717) is 10.8 Å². The molecule has 114 valence electrons. The number of rotatable bonds is 1. The SMILES string of the molecule is O=c1c(F)ccc2cc3c(c[nH]n3C3CCCCO3)c(Cl)c12. The number of aromatic amines is 1. The van der Waals surface area contributed by atoms with Crippen LogP contribution in [0.15, 0.2) is 29.2 Å². The van der Waals surface area contributed by atoms with Crippen LogP contribution in [-0.4, -0.2) is 16.4 Å². The molecule has 6 heteroatoms. The van der Waals surface area contributed by atoms with E-state index < -0.39 is 11.2 Å². The molecule has 0 radical (unpaired) electrons. The van der Waals surface area contributed by atoms with Crippen LogP contribution in [0.5, 0.6) is 0 Å². The minimum atomic E-state index is -0.784. The van der Waals surface area contributed by atoms with Gasteiger partial charge in [0.1, 0.15) is 6.23 Å². The zero-order valence-corrected chi connectivity index (χ0v) is 12.5. The van der Waals surface area contributed by atoms with Gasteiger partial charge in [-0.3, -0.25) is 9.48 Å². The maximum Gasteiger partial charge on any atom is 0.223 e. The van der Waals surface area contributed by atoms with Gasteiger partial charge in [-0.25, -0.2) is 4.39 Å².